The van der Waals surface area contributed by atoms with Gasteiger partial charge in [-0.05, 0) is 57.9 Å². The van der Waals surface area contributed by atoms with Crippen LogP contribution in [0, 0.1) is 6.92 Å². The number of halogens is 5. The number of hydrogen-bond donors (Lipinski definition) is 0. The molecule has 0 atom stereocenters. The Morgan fingerprint density at radius 1 is 0.625 bits per heavy atom. The van der Waals surface area contributed by atoms with E-state index in [-0.39, 0.29) is 47.4 Å². The number of carbonyl (C=O) groups is 2. The van der Waals surface area contributed by atoms with E-state index in [1.54, 1.807) is 24.3 Å². The van der Waals surface area contributed by atoms with E-state index in [0.29, 0.717) is 44.2 Å². The van der Waals surface area contributed by atoms with Gasteiger partial charge in [-0.2, -0.15) is 6.42 Å². The molecule has 0 aliphatic heterocycles. The first kappa shape index (κ1) is 58.5. The summed E-state index contributed by atoms with van der Waals surface area (Å²) in [6.45, 7) is 20.7. The fourth-order valence-corrected chi connectivity index (χ4v) is 5.38. The van der Waals surface area contributed by atoms with Gasteiger partial charge in [0, 0.05) is 26.4 Å². The summed E-state index contributed by atoms with van der Waals surface area (Å²) in [5.74, 6) is -0.673. The van der Waals surface area contributed by atoms with Gasteiger partial charge in [-0.15, -0.1) is 0 Å². The summed E-state index contributed by atoms with van der Waals surface area (Å²) in [5, 5.41) is 0. The molecule has 1 aromatic rings. The van der Waals surface area contributed by atoms with Crippen LogP contribution in [-0.4, -0.2) is 76.8 Å². The van der Waals surface area contributed by atoms with Crippen LogP contribution in [0.1, 0.15) is 139 Å². The molecule has 0 saturated heterocycles. The summed E-state index contributed by atoms with van der Waals surface area (Å²) in [5.41, 5.74) is 0.935. The minimum absolute atomic E-state index is 0. The van der Waals surface area contributed by atoms with Gasteiger partial charge in [0.15, 0.2) is 0 Å². The molecule has 0 aliphatic rings. The Kier molecular flexibility index (Phi) is 49.9. The Labute approximate surface area is 335 Å². The van der Waals surface area contributed by atoms with Gasteiger partial charge in [-0.25, -0.2) is 9.59 Å². The summed E-state index contributed by atoms with van der Waals surface area (Å²) in [7, 11) is 17.8. The van der Waals surface area contributed by atoms with E-state index in [9.17, 15) is 9.59 Å². The van der Waals surface area contributed by atoms with Crippen LogP contribution in [0.4, 0.5) is 0 Å². The van der Waals surface area contributed by atoms with Crippen molar-refractivity contribution in [3.05, 3.63) is 42.3 Å². The minimum Gasteiger partial charge on any atom is 2.00 e. The van der Waals surface area contributed by atoms with Gasteiger partial charge in [-0.1, -0.05) is 78.6 Å². The van der Waals surface area contributed by atoms with Crippen LogP contribution >= 0.6 is 37.2 Å². The second kappa shape index (κ2) is 41.0. The Morgan fingerprint density at radius 3 is 1.12 bits per heavy atom. The predicted octanol–water partition coefficient (Wildman–Crippen LogP) is 8.60. The van der Waals surface area contributed by atoms with Crippen molar-refractivity contribution in [2.45, 2.75) is 125 Å². The molecule has 48 heavy (non-hydrogen) atoms. The van der Waals surface area contributed by atoms with Crippen LogP contribution in [0.25, 0.3) is 0 Å². The zero-order valence-corrected chi connectivity index (χ0v) is 38.2. The summed E-state index contributed by atoms with van der Waals surface area (Å²) < 4.78 is 26.7. The van der Waals surface area contributed by atoms with Crippen molar-refractivity contribution in [3.8, 4) is 0 Å². The number of unbranched alkanes of at least 4 members (excludes halogenated alkanes) is 9. The molecule has 0 saturated carbocycles. The third kappa shape index (κ3) is 43.4. The normalized spacial score (nSPS) is 10.3. The van der Waals surface area contributed by atoms with E-state index in [1.807, 2.05) is 27.3 Å². The molecular formula is C33H61Cl5MgO7SiTi. The molecule has 15 heteroatoms. The van der Waals surface area contributed by atoms with Gasteiger partial charge in [-0.3, -0.25) is 0 Å². The molecule has 7 nitrogen and oxygen atoms in total. The Bertz CT molecular complexity index is 770. The fourth-order valence-electron chi connectivity index (χ4n) is 3.56. The van der Waals surface area contributed by atoms with E-state index in [0.717, 1.165) is 32.1 Å². The summed E-state index contributed by atoms with van der Waals surface area (Å²) in [6.07, 6.45) is 13.5. The quantitative estimate of drug-likeness (QED) is 0.0531. The van der Waals surface area contributed by atoms with Crippen LogP contribution in [0.3, 0.4) is 0 Å². The molecule has 0 spiro atoms. The molecule has 0 radical (unpaired) electrons. The number of ether oxygens (including phenoxy) is 2. The average molecular weight is 847 g/mol. The fraction of sp³-hybridized carbons (Fsp3) is 0.727. The Hall–Kier alpha value is 1.19. The van der Waals surface area contributed by atoms with Gasteiger partial charge < -0.3 is 42.1 Å². The Balaban J connectivity index is -0.000000231. The molecule has 0 amide bonds. The topological polar surface area (TPSA) is 80.3 Å². The summed E-state index contributed by atoms with van der Waals surface area (Å²) >= 11 is -3.11. The molecule has 0 heterocycles. The third-order valence-corrected chi connectivity index (χ3v) is 8.33. The maximum Gasteiger partial charge on any atom is 2.00 e. The average Bonchev–Trinajstić information content (AvgIpc) is 3.00. The van der Waals surface area contributed by atoms with Crippen molar-refractivity contribution in [1.29, 1.82) is 0 Å². The van der Waals surface area contributed by atoms with Crippen LogP contribution < -0.4 is 12.4 Å². The predicted molar refractivity (Wildman–Crippen MR) is 200 cm³/mol. The number of esters is 2. The molecular weight excluding hydrogens is 786 g/mol. The van der Waals surface area contributed by atoms with Gasteiger partial charge in [0.1, 0.15) is 0 Å². The molecule has 0 bridgehead atoms. The van der Waals surface area contributed by atoms with Crippen molar-refractivity contribution in [2.75, 3.05) is 33.0 Å². The van der Waals surface area contributed by atoms with E-state index in [2.05, 4.69) is 27.7 Å². The second-order valence-electron chi connectivity index (χ2n) is 10.1. The maximum atomic E-state index is 12.0. The summed E-state index contributed by atoms with van der Waals surface area (Å²) in [6, 6.07) is 6.49. The third-order valence-electron chi connectivity index (χ3n) is 5.89. The second-order valence-corrected chi connectivity index (χ2v) is 28.2. The number of hydrogen-bond acceptors (Lipinski definition) is 7. The van der Waals surface area contributed by atoms with E-state index < -0.39 is 21.2 Å². The summed E-state index contributed by atoms with van der Waals surface area (Å²) in [4.78, 5) is 23.9. The minimum atomic E-state index is -3.11. The molecule has 1 rings (SSSR count). The van der Waals surface area contributed by atoms with E-state index >= 15 is 0 Å². The maximum absolute atomic E-state index is 12.0. The van der Waals surface area contributed by atoms with Crippen LogP contribution in [0.2, 0.25) is 6.55 Å². The Morgan fingerprint density at radius 2 is 0.896 bits per heavy atom. The van der Waals surface area contributed by atoms with Crippen molar-refractivity contribution in [2.24, 2.45) is 0 Å². The molecule has 0 fully saturated rings. The van der Waals surface area contributed by atoms with Crippen LogP contribution in [0.15, 0.2) is 24.3 Å². The van der Waals surface area contributed by atoms with Gasteiger partial charge in [0.2, 0.25) is 0 Å². The van der Waals surface area contributed by atoms with Crippen molar-refractivity contribution < 1.29 is 57.1 Å². The molecule has 0 N–H and O–H groups in total. The van der Waals surface area contributed by atoms with Crippen molar-refractivity contribution in [3.63, 3.8) is 0 Å². The van der Waals surface area contributed by atoms with Crippen LogP contribution in [0.5, 0.6) is 0 Å². The van der Waals surface area contributed by atoms with Gasteiger partial charge >= 0.3 is 93.4 Å². The molecule has 0 aliphatic carbocycles. The largest absolute Gasteiger partial charge is 2.00 e. The van der Waals surface area contributed by atoms with Crippen LogP contribution in [-0.2, 0) is 35.1 Å². The number of rotatable bonds is 21. The first-order valence-electron chi connectivity index (χ1n) is 16.7. The van der Waals surface area contributed by atoms with Crippen molar-refractivity contribution >= 4 is 81.0 Å². The van der Waals surface area contributed by atoms with Gasteiger partial charge in [0.05, 0.1) is 24.3 Å². The number of carbonyl (C=O) groups excluding carboxylic acids is 2. The molecule has 280 valence electrons. The van der Waals surface area contributed by atoms with E-state index in [4.69, 9.17) is 60.0 Å². The van der Waals surface area contributed by atoms with Crippen molar-refractivity contribution in [1.82, 2.24) is 0 Å². The molecule has 0 unspecified atom stereocenters. The zero-order chi connectivity index (χ0) is 35.7. The van der Waals surface area contributed by atoms with Gasteiger partial charge in [0.25, 0.3) is 0 Å². The zero-order valence-electron chi connectivity index (χ0n) is 30.5. The first-order valence-corrected chi connectivity index (χ1v) is 27.5. The first-order chi connectivity index (χ1) is 21.8. The molecule has 1 aromatic carbocycles. The standard InChI is InChI=1S/C22H34O4.C7H18O3Si.C4H9.5ClH.Mg.Ti/c1-3-5-7-9-11-17-25-21(23)19-13-15-20(16-14-19)22(24)26-18-12-10-8-6-4-2;1-5-8-11(4,9-6-2)10-7-3;1-3-4-2;;;;;;;/h13-16H,3-12,17-18H2,1-2H3;5-7H2,1-4H3;1,3-4H2,2H3;5*1H;;/q;;-1;;;;;;+2;+4/p-5. The molecule has 0 aromatic heterocycles. The van der Waals surface area contributed by atoms with E-state index in [1.165, 1.54) is 44.9 Å². The SMILES string of the molecule is CCCCCCCOC(=O)c1ccc(C(=O)OCCCCCCC)cc1.CCO[Si](C)(OCC)OCC.[CH2-]CCC.[Cl-].[Cl][Ti]([Cl])([Cl])[Cl].[Mg+2]. The monoisotopic (exact) mass is 844 g/mol. The smallest absolute Gasteiger partial charge is 2.00 e. The number of benzene rings is 1.